The third-order valence-electron chi connectivity index (χ3n) is 4.80. The number of carbonyl (C=O) groups excluding carboxylic acids is 2. The fraction of sp³-hybridized carbons (Fsp3) is 0.524. The first-order valence-corrected chi connectivity index (χ1v) is 10.7. The molecule has 1 fully saturated rings. The number of carbonyl (C=O) groups is 2. The van der Waals surface area contributed by atoms with Gasteiger partial charge in [0.05, 0.1) is 19.8 Å². The van der Waals surface area contributed by atoms with E-state index in [1.807, 2.05) is 5.92 Å². The summed E-state index contributed by atoms with van der Waals surface area (Å²) < 4.78 is 22.0. The molecule has 1 heterocycles. The molecule has 0 spiro atoms. The Morgan fingerprint density at radius 2 is 1.74 bits per heavy atom. The molecule has 31 heavy (non-hydrogen) atoms. The number of ether oxygens (including phenoxy) is 4. The maximum absolute atomic E-state index is 12.9. The van der Waals surface area contributed by atoms with Crippen LogP contribution in [-0.4, -0.2) is 76.8 Å². The van der Waals surface area contributed by atoms with Gasteiger partial charge in [-0.25, -0.2) is 9.59 Å². The highest BCUT2D eigenvalue weighted by Crippen LogP contribution is 2.32. The van der Waals surface area contributed by atoms with Crippen molar-refractivity contribution in [2.75, 3.05) is 19.8 Å². The Balaban J connectivity index is 2.41. The Hall–Kier alpha value is -1.75. The maximum Gasteiger partial charge on any atom is 0.350 e. The lowest BCUT2D eigenvalue weighted by Crippen LogP contribution is -2.56. The predicted octanol–water partition coefficient (Wildman–Crippen LogP) is 0.158. The first-order valence-electron chi connectivity index (χ1n) is 9.59. The van der Waals surface area contributed by atoms with Gasteiger partial charge in [0.25, 0.3) is 5.60 Å². The zero-order valence-corrected chi connectivity index (χ0v) is 19.3. The lowest BCUT2D eigenvalue weighted by Gasteiger charge is -2.32. The van der Waals surface area contributed by atoms with Gasteiger partial charge in [0, 0.05) is 9.99 Å². The molecule has 0 aromatic heterocycles. The summed E-state index contributed by atoms with van der Waals surface area (Å²) in [5.74, 6) is -0.00196. The molecule has 0 amide bonds. The molecule has 4 atom stereocenters. The van der Waals surface area contributed by atoms with E-state index >= 15 is 0 Å². The number of aliphatic hydroxyl groups is 3. The zero-order chi connectivity index (χ0) is 23.2. The van der Waals surface area contributed by atoms with Gasteiger partial charge < -0.3 is 34.3 Å². The first kappa shape index (κ1) is 25.5. The fourth-order valence-electron chi connectivity index (χ4n) is 3.10. The van der Waals surface area contributed by atoms with Gasteiger partial charge in [-0.1, -0.05) is 18.1 Å². The molecule has 9 nitrogen and oxygen atoms in total. The van der Waals surface area contributed by atoms with Gasteiger partial charge in [0.15, 0.2) is 11.9 Å². The van der Waals surface area contributed by atoms with E-state index in [-0.39, 0.29) is 19.6 Å². The van der Waals surface area contributed by atoms with E-state index in [0.29, 0.717) is 5.56 Å². The van der Waals surface area contributed by atoms with Crippen molar-refractivity contribution in [2.24, 2.45) is 0 Å². The van der Waals surface area contributed by atoms with E-state index in [1.54, 1.807) is 38.1 Å². The number of halogens is 1. The molecular formula is C21H25IO9. The van der Waals surface area contributed by atoms with E-state index in [1.165, 1.54) is 0 Å². The van der Waals surface area contributed by atoms with Gasteiger partial charge in [0.1, 0.15) is 12.2 Å². The van der Waals surface area contributed by atoms with Crippen molar-refractivity contribution < 1.29 is 43.9 Å². The van der Waals surface area contributed by atoms with Crippen LogP contribution < -0.4 is 0 Å². The summed E-state index contributed by atoms with van der Waals surface area (Å²) in [6.07, 6.45) is 0.0794. The molecule has 10 heteroatoms. The molecule has 0 saturated carbocycles. The number of aliphatic hydroxyl groups excluding tert-OH is 2. The molecule has 3 N–H and O–H groups in total. The molecule has 170 valence electrons. The number of terminal acetylenes is 1. The van der Waals surface area contributed by atoms with Crippen molar-refractivity contribution in [1.29, 1.82) is 0 Å². The van der Waals surface area contributed by atoms with Crippen molar-refractivity contribution in [3.8, 4) is 12.3 Å². The molecule has 1 aromatic carbocycles. The van der Waals surface area contributed by atoms with Gasteiger partial charge in [-0.15, -0.1) is 6.42 Å². The average Bonchev–Trinajstić information content (AvgIpc) is 2.97. The highest BCUT2D eigenvalue weighted by Gasteiger charge is 2.57. The van der Waals surface area contributed by atoms with E-state index in [0.717, 1.165) is 3.57 Å². The van der Waals surface area contributed by atoms with Crippen molar-refractivity contribution in [1.82, 2.24) is 0 Å². The Morgan fingerprint density at radius 1 is 1.19 bits per heavy atom. The van der Waals surface area contributed by atoms with E-state index in [2.05, 4.69) is 22.6 Å². The molecule has 2 rings (SSSR count). The van der Waals surface area contributed by atoms with Crippen LogP contribution in [0.3, 0.4) is 0 Å². The van der Waals surface area contributed by atoms with E-state index in [9.17, 15) is 24.9 Å². The van der Waals surface area contributed by atoms with Crippen LogP contribution in [0.2, 0.25) is 0 Å². The summed E-state index contributed by atoms with van der Waals surface area (Å²) in [5.41, 5.74) is -3.94. The normalized spacial score (nSPS) is 25.6. The molecule has 0 bridgehead atoms. The van der Waals surface area contributed by atoms with Crippen LogP contribution in [0, 0.1) is 15.9 Å². The molecule has 1 unspecified atom stereocenters. The number of esters is 2. The van der Waals surface area contributed by atoms with Gasteiger partial charge in [-0.05, 0) is 54.1 Å². The summed E-state index contributed by atoms with van der Waals surface area (Å²) in [6, 6.07) is 7.02. The second-order valence-electron chi connectivity index (χ2n) is 6.81. The van der Waals surface area contributed by atoms with Crippen molar-refractivity contribution in [2.45, 2.75) is 50.0 Å². The minimum atomic E-state index is -2.29. The number of hydrogen-bond donors (Lipinski definition) is 3. The largest absolute Gasteiger partial charge is 0.463 e. The van der Waals surface area contributed by atoms with Crippen LogP contribution in [-0.2, 0) is 35.0 Å². The summed E-state index contributed by atoms with van der Waals surface area (Å²) in [4.78, 5) is 25.9. The average molecular weight is 548 g/mol. The quantitative estimate of drug-likeness (QED) is 0.171. The van der Waals surface area contributed by atoms with Crippen LogP contribution in [0.5, 0.6) is 0 Å². The monoisotopic (exact) mass is 548 g/mol. The van der Waals surface area contributed by atoms with Crippen LogP contribution in [0.25, 0.3) is 0 Å². The standard InChI is InChI=1S/C21H25IO9/c1-4-20(27)15(31-17(24)16(20)23)12-30-21(18(25)28-5-2,19(26)29-6-3)11-13-7-9-14(22)10-8-13/h1,7-10,15-17,23-24,27H,5-6,11-12H2,2-3H3/t15-,16+,17?,20-/m1/s1. The molecule has 1 aromatic rings. The van der Waals surface area contributed by atoms with Gasteiger partial charge in [0.2, 0.25) is 0 Å². The predicted molar refractivity (Wildman–Crippen MR) is 115 cm³/mol. The summed E-state index contributed by atoms with van der Waals surface area (Å²) in [5, 5.41) is 30.2. The Kier molecular flexibility index (Phi) is 8.82. The topological polar surface area (TPSA) is 132 Å². The number of benzene rings is 1. The lowest BCUT2D eigenvalue weighted by molar-refractivity contribution is -0.200. The highest BCUT2D eigenvalue weighted by molar-refractivity contribution is 14.1. The van der Waals surface area contributed by atoms with Gasteiger partial charge in [-0.2, -0.15) is 0 Å². The summed E-state index contributed by atoms with van der Waals surface area (Å²) >= 11 is 2.12. The van der Waals surface area contributed by atoms with E-state index in [4.69, 9.17) is 25.4 Å². The lowest BCUT2D eigenvalue weighted by atomic mass is 9.92. The van der Waals surface area contributed by atoms with Crippen molar-refractivity contribution >= 4 is 34.5 Å². The number of hydrogen-bond acceptors (Lipinski definition) is 9. The Bertz CT molecular complexity index is 801. The summed E-state index contributed by atoms with van der Waals surface area (Å²) in [6.45, 7) is 2.48. The first-order chi connectivity index (χ1) is 14.6. The van der Waals surface area contributed by atoms with Crippen LogP contribution in [0.4, 0.5) is 0 Å². The molecular weight excluding hydrogens is 523 g/mol. The Labute approximate surface area is 193 Å². The zero-order valence-electron chi connectivity index (χ0n) is 17.1. The maximum atomic E-state index is 12.9. The van der Waals surface area contributed by atoms with Gasteiger partial charge in [-0.3, -0.25) is 0 Å². The number of rotatable bonds is 9. The fourth-order valence-corrected chi connectivity index (χ4v) is 3.46. The molecule has 1 aliphatic rings. The second kappa shape index (κ2) is 10.7. The SMILES string of the molecule is C#C[C@@]1(O)[C@@H](COC(Cc2ccc(I)cc2)(C(=O)OCC)C(=O)OCC)OC(O)[C@@H]1O. The Morgan fingerprint density at radius 3 is 2.23 bits per heavy atom. The van der Waals surface area contributed by atoms with E-state index < -0.39 is 48.2 Å². The third kappa shape index (κ3) is 5.36. The van der Waals surface area contributed by atoms with Crippen LogP contribution in [0.15, 0.2) is 24.3 Å². The molecule has 0 radical (unpaired) electrons. The smallest absolute Gasteiger partial charge is 0.350 e. The minimum Gasteiger partial charge on any atom is -0.463 e. The summed E-state index contributed by atoms with van der Waals surface area (Å²) in [7, 11) is 0. The minimum absolute atomic E-state index is 0.0261. The van der Waals surface area contributed by atoms with Crippen LogP contribution in [0.1, 0.15) is 19.4 Å². The van der Waals surface area contributed by atoms with Crippen molar-refractivity contribution in [3.63, 3.8) is 0 Å². The molecule has 0 aliphatic carbocycles. The molecule has 1 aliphatic heterocycles. The second-order valence-corrected chi connectivity index (χ2v) is 8.06. The highest BCUT2D eigenvalue weighted by atomic mass is 127. The van der Waals surface area contributed by atoms with Gasteiger partial charge >= 0.3 is 11.9 Å². The van der Waals surface area contributed by atoms with Crippen LogP contribution >= 0.6 is 22.6 Å². The van der Waals surface area contributed by atoms with Crippen molar-refractivity contribution in [3.05, 3.63) is 33.4 Å². The molecule has 1 saturated heterocycles. The third-order valence-corrected chi connectivity index (χ3v) is 5.52.